The van der Waals surface area contributed by atoms with Gasteiger partial charge in [0.25, 0.3) is 5.91 Å². The maximum absolute atomic E-state index is 12.6. The summed E-state index contributed by atoms with van der Waals surface area (Å²) in [7, 11) is 1.66. The Balaban J connectivity index is 1.73. The van der Waals surface area contributed by atoms with Crippen LogP contribution in [0.15, 0.2) is 24.3 Å². The summed E-state index contributed by atoms with van der Waals surface area (Å²) in [6, 6.07) is 8.17. The molecule has 0 aromatic heterocycles. The van der Waals surface area contributed by atoms with Gasteiger partial charge in [-0.3, -0.25) is 4.79 Å². The van der Waals surface area contributed by atoms with E-state index in [0.29, 0.717) is 13.2 Å². The first-order valence-corrected chi connectivity index (χ1v) is 7.56. The highest BCUT2D eigenvalue weighted by atomic mass is 16.5. The molecule has 2 heterocycles. The van der Waals surface area contributed by atoms with E-state index in [4.69, 9.17) is 9.47 Å². The molecule has 2 unspecified atom stereocenters. The molecule has 1 aromatic rings. The van der Waals surface area contributed by atoms with Gasteiger partial charge in [-0.15, -0.1) is 0 Å². The second kappa shape index (κ2) is 6.45. The Morgan fingerprint density at radius 1 is 1.38 bits per heavy atom. The summed E-state index contributed by atoms with van der Waals surface area (Å²) in [4.78, 5) is 14.6. The third-order valence-electron chi connectivity index (χ3n) is 4.24. The lowest BCUT2D eigenvalue weighted by Gasteiger charge is -2.31. The first-order chi connectivity index (χ1) is 10.3. The fourth-order valence-corrected chi connectivity index (χ4v) is 3.11. The van der Waals surface area contributed by atoms with Gasteiger partial charge >= 0.3 is 0 Å². The van der Waals surface area contributed by atoms with Crippen LogP contribution in [0.5, 0.6) is 5.75 Å². The van der Waals surface area contributed by atoms with Crippen LogP contribution in [-0.4, -0.2) is 50.3 Å². The number of methoxy groups -OCH3 is 1. The number of rotatable bonds is 3. The average Bonchev–Trinajstić information content (AvgIpc) is 3.04. The number of nitrogens with one attached hydrogen (secondary N) is 1. The van der Waals surface area contributed by atoms with Crippen LogP contribution in [0.3, 0.4) is 0 Å². The molecular formula is C16H22N2O3. The zero-order chi connectivity index (χ0) is 14.7. The van der Waals surface area contributed by atoms with Crippen LogP contribution in [-0.2, 0) is 9.53 Å². The molecule has 0 bridgehead atoms. The number of nitrogens with zero attached hydrogens (tertiary/aromatic N) is 1. The standard InChI is InChI=1S/C16H22N2O3/c1-20-13-6-4-12(5-7-13)14-3-2-9-18(14)16(19)15-11-17-8-10-21-15/h4-7,14-15,17H,2-3,8-11H2,1H3. The molecule has 0 saturated carbocycles. The van der Waals surface area contributed by atoms with E-state index in [-0.39, 0.29) is 18.1 Å². The van der Waals surface area contributed by atoms with Crippen LogP contribution in [0.2, 0.25) is 0 Å². The Hall–Kier alpha value is -1.59. The van der Waals surface area contributed by atoms with E-state index in [1.54, 1.807) is 7.11 Å². The normalized spacial score (nSPS) is 25.9. The van der Waals surface area contributed by atoms with E-state index < -0.39 is 0 Å². The highest BCUT2D eigenvalue weighted by molar-refractivity contribution is 5.82. The van der Waals surface area contributed by atoms with Gasteiger partial charge in [-0.25, -0.2) is 0 Å². The maximum Gasteiger partial charge on any atom is 0.253 e. The van der Waals surface area contributed by atoms with E-state index in [0.717, 1.165) is 31.7 Å². The van der Waals surface area contributed by atoms with Crippen LogP contribution in [0.1, 0.15) is 24.4 Å². The lowest BCUT2D eigenvalue weighted by molar-refractivity contribution is -0.146. The molecule has 0 spiro atoms. The molecule has 1 aromatic carbocycles. The summed E-state index contributed by atoms with van der Waals surface area (Å²) >= 11 is 0. The van der Waals surface area contributed by atoms with Gasteiger partial charge in [-0.05, 0) is 30.5 Å². The van der Waals surface area contributed by atoms with Gasteiger partial charge in [-0.2, -0.15) is 0 Å². The summed E-state index contributed by atoms with van der Waals surface area (Å²) in [6.07, 6.45) is 1.72. The predicted octanol–water partition coefficient (Wildman–Crippen LogP) is 1.35. The van der Waals surface area contributed by atoms with E-state index in [1.807, 2.05) is 17.0 Å². The Morgan fingerprint density at radius 3 is 2.86 bits per heavy atom. The van der Waals surface area contributed by atoms with Crippen LogP contribution >= 0.6 is 0 Å². The molecule has 21 heavy (non-hydrogen) atoms. The molecule has 5 nitrogen and oxygen atoms in total. The Bertz CT molecular complexity index is 483. The molecule has 1 N–H and O–H groups in total. The zero-order valence-corrected chi connectivity index (χ0v) is 12.4. The van der Waals surface area contributed by atoms with Crippen molar-refractivity contribution in [3.8, 4) is 5.75 Å². The average molecular weight is 290 g/mol. The van der Waals surface area contributed by atoms with Crippen LogP contribution < -0.4 is 10.1 Å². The molecular weight excluding hydrogens is 268 g/mol. The second-order valence-corrected chi connectivity index (χ2v) is 5.53. The van der Waals surface area contributed by atoms with Crippen LogP contribution in [0.4, 0.5) is 0 Å². The van der Waals surface area contributed by atoms with Gasteiger partial charge in [0.15, 0.2) is 0 Å². The molecule has 1 amide bonds. The molecule has 2 atom stereocenters. The van der Waals surface area contributed by atoms with E-state index in [1.165, 1.54) is 5.56 Å². The highest BCUT2D eigenvalue weighted by Gasteiger charge is 2.35. The lowest BCUT2D eigenvalue weighted by Crippen LogP contribution is -2.49. The molecule has 2 aliphatic heterocycles. The molecule has 3 rings (SSSR count). The van der Waals surface area contributed by atoms with Gasteiger partial charge in [0, 0.05) is 19.6 Å². The lowest BCUT2D eigenvalue weighted by atomic mass is 10.0. The molecule has 5 heteroatoms. The number of carbonyl (C=O) groups is 1. The summed E-state index contributed by atoms with van der Waals surface area (Å²) < 4.78 is 10.8. The Kier molecular flexibility index (Phi) is 4.41. The van der Waals surface area contributed by atoms with E-state index in [9.17, 15) is 4.79 Å². The van der Waals surface area contributed by atoms with Crippen molar-refractivity contribution in [3.05, 3.63) is 29.8 Å². The first-order valence-electron chi connectivity index (χ1n) is 7.56. The third kappa shape index (κ3) is 3.04. The minimum absolute atomic E-state index is 0.112. The number of benzene rings is 1. The first kappa shape index (κ1) is 14.4. The molecule has 2 fully saturated rings. The van der Waals surface area contributed by atoms with Crippen molar-refractivity contribution in [1.29, 1.82) is 0 Å². The number of hydrogen-bond donors (Lipinski definition) is 1. The summed E-state index contributed by atoms with van der Waals surface area (Å²) in [5, 5.41) is 3.22. The summed E-state index contributed by atoms with van der Waals surface area (Å²) in [5.74, 6) is 0.954. The van der Waals surface area contributed by atoms with Crippen LogP contribution in [0, 0.1) is 0 Å². The topological polar surface area (TPSA) is 50.8 Å². The summed E-state index contributed by atoms with van der Waals surface area (Å²) in [5.41, 5.74) is 1.17. The second-order valence-electron chi connectivity index (χ2n) is 5.53. The van der Waals surface area contributed by atoms with Crippen molar-refractivity contribution in [3.63, 3.8) is 0 Å². The van der Waals surface area contributed by atoms with Crippen LogP contribution in [0.25, 0.3) is 0 Å². The summed E-state index contributed by atoms with van der Waals surface area (Å²) in [6.45, 7) is 2.86. The monoisotopic (exact) mass is 290 g/mol. The minimum atomic E-state index is -0.336. The van der Waals surface area contributed by atoms with Crippen molar-refractivity contribution >= 4 is 5.91 Å². The molecule has 2 aliphatic rings. The third-order valence-corrected chi connectivity index (χ3v) is 4.24. The van der Waals surface area contributed by atoms with Crippen molar-refractivity contribution in [1.82, 2.24) is 10.2 Å². The van der Waals surface area contributed by atoms with Crippen molar-refractivity contribution in [2.24, 2.45) is 0 Å². The fraction of sp³-hybridized carbons (Fsp3) is 0.562. The number of likely N-dealkylation sites (tertiary alicyclic amines) is 1. The predicted molar refractivity (Wildman–Crippen MR) is 79.3 cm³/mol. The van der Waals surface area contributed by atoms with E-state index >= 15 is 0 Å². The van der Waals surface area contributed by atoms with Crippen molar-refractivity contribution < 1.29 is 14.3 Å². The zero-order valence-electron chi connectivity index (χ0n) is 12.4. The van der Waals surface area contributed by atoms with Gasteiger partial charge in [0.2, 0.25) is 0 Å². The van der Waals surface area contributed by atoms with Crippen molar-refractivity contribution in [2.75, 3.05) is 33.4 Å². The van der Waals surface area contributed by atoms with Gasteiger partial charge in [-0.1, -0.05) is 12.1 Å². The SMILES string of the molecule is COc1ccc(C2CCCN2C(=O)C2CNCCO2)cc1. The number of hydrogen-bond acceptors (Lipinski definition) is 4. The maximum atomic E-state index is 12.6. The van der Waals surface area contributed by atoms with Crippen molar-refractivity contribution in [2.45, 2.75) is 25.0 Å². The minimum Gasteiger partial charge on any atom is -0.497 e. The Labute approximate surface area is 125 Å². The molecule has 0 aliphatic carbocycles. The molecule has 2 saturated heterocycles. The molecule has 114 valence electrons. The van der Waals surface area contributed by atoms with Gasteiger partial charge in [0.05, 0.1) is 19.8 Å². The van der Waals surface area contributed by atoms with E-state index in [2.05, 4.69) is 17.4 Å². The number of morpholine rings is 1. The number of amides is 1. The van der Waals surface area contributed by atoms with Gasteiger partial charge < -0.3 is 19.7 Å². The number of ether oxygens (including phenoxy) is 2. The quantitative estimate of drug-likeness (QED) is 0.913. The molecule has 0 radical (unpaired) electrons. The Morgan fingerprint density at radius 2 is 2.19 bits per heavy atom. The fourth-order valence-electron chi connectivity index (χ4n) is 3.11. The highest BCUT2D eigenvalue weighted by Crippen LogP contribution is 2.33. The smallest absolute Gasteiger partial charge is 0.253 e. The number of carbonyl (C=O) groups excluding carboxylic acids is 1. The van der Waals surface area contributed by atoms with Gasteiger partial charge in [0.1, 0.15) is 11.9 Å². The largest absolute Gasteiger partial charge is 0.497 e.